The van der Waals surface area contributed by atoms with Crippen molar-refractivity contribution in [3.8, 4) is 0 Å². The van der Waals surface area contributed by atoms with Crippen molar-refractivity contribution in [3.63, 3.8) is 0 Å². The Morgan fingerprint density at radius 3 is 2.79 bits per heavy atom. The Kier molecular flexibility index (Phi) is 6.72. The second-order valence-electron chi connectivity index (χ2n) is 5.69. The van der Waals surface area contributed by atoms with E-state index in [1.165, 1.54) is 11.3 Å². The number of anilines is 1. The van der Waals surface area contributed by atoms with Crippen molar-refractivity contribution in [3.05, 3.63) is 11.1 Å². The zero-order chi connectivity index (χ0) is 17.5. The molecule has 0 unspecified atom stereocenters. The fourth-order valence-electron chi connectivity index (χ4n) is 2.46. The highest BCUT2D eigenvalue weighted by molar-refractivity contribution is 7.14. The quantitative estimate of drug-likeness (QED) is 0.718. The maximum Gasteiger partial charge on any atom is 0.312 e. The minimum atomic E-state index is -0.501. The van der Waals surface area contributed by atoms with Crippen molar-refractivity contribution < 1.29 is 19.1 Å². The van der Waals surface area contributed by atoms with E-state index in [2.05, 4.69) is 10.3 Å². The molecule has 1 aromatic heterocycles. The first-order chi connectivity index (χ1) is 11.5. The van der Waals surface area contributed by atoms with Crippen molar-refractivity contribution in [2.75, 3.05) is 18.1 Å². The van der Waals surface area contributed by atoms with Crippen LogP contribution in [0.15, 0.2) is 5.38 Å². The minimum absolute atomic E-state index is 0.00318. The van der Waals surface area contributed by atoms with E-state index in [4.69, 9.17) is 4.74 Å². The molecule has 1 fully saturated rings. The molecule has 2 amide bonds. The summed E-state index contributed by atoms with van der Waals surface area (Å²) in [6, 6.07) is 0.107. The number of carbonyl (C=O) groups is 3. The molecule has 1 N–H and O–H groups in total. The third-order valence-corrected chi connectivity index (χ3v) is 4.80. The van der Waals surface area contributed by atoms with E-state index < -0.39 is 5.97 Å². The van der Waals surface area contributed by atoms with Crippen molar-refractivity contribution in [2.45, 2.75) is 52.0 Å². The molecule has 2 heterocycles. The number of amides is 2. The smallest absolute Gasteiger partial charge is 0.312 e. The summed E-state index contributed by atoms with van der Waals surface area (Å²) in [5, 5.41) is 5.17. The number of aromatic nitrogens is 1. The third-order valence-electron chi connectivity index (χ3n) is 3.88. The molecule has 0 aromatic carbocycles. The van der Waals surface area contributed by atoms with E-state index >= 15 is 0 Å². The highest BCUT2D eigenvalue weighted by Gasteiger charge is 2.24. The maximum atomic E-state index is 11.8. The van der Waals surface area contributed by atoms with Crippen molar-refractivity contribution >= 4 is 34.3 Å². The van der Waals surface area contributed by atoms with Gasteiger partial charge in [0.05, 0.1) is 12.1 Å². The zero-order valence-corrected chi connectivity index (χ0v) is 14.9. The van der Waals surface area contributed by atoms with Crippen LogP contribution in [0.5, 0.6) is 0 Å². The van der Waals surface area contributed by atoms with Crippen molar-refractivity contribution in [1.82, 2.24) is 10.3 Å². The third kappa shape index (κ3) is 5.02. The summed E-state index contributed by atoms with van der Waals surface area (Å²) < 4.78 is 4.99. The van der Waals surface area contributed by atoms with Crippen LogP contribution in [0.25, 0.3) is 0 Å². The van der Waals surface area contributed by atoms with Gasteiger partial charge in [-0.1, -0.05) is 13.8 Å². The molecule has 24 heavy (non-hydrogen) atoms. The van der Waals surface area contributed by atoms with Crippen LogP contribution in [0.2, 0.25) is 0 Å². The van der Waals surface area contributed by atoms with Crippen LogP contribution in [0.4, 0.5) is 5.13 Å². The van der Waals surface area contributed by atoms with Gasteiger partial charge in [-0.25, -0.2) is 4.98 Å². The number of hydrogen-bond donors (Lipinski definition) is 1. The molecule has 0 radical (unpaired) electrons. The van der Waals surface area contributed by atoms with Gasteiger partial charge in [0.1, 0.15) is 0 Å². The molecule has 1 saturated heterocycles. The predicted molar refractivity (Wildman–Crippen MR) is 90.9 cm³/mol. The Balaban J connectivity index is 1.77. The second kappa shape index (κ2) is 8.77. The van der Waals surface area contributed by atoms with E-state index in [1.54, 1.807) is 10.3 Å². The SMILES string of the molecule is CCC(CC)NC(=O)COC(=O)Cc1csc(N2CCCC2=O)n1. The molecule has 0 spiro atoms. The fourth-order valence-corrected chi connectivity index (χ4v) is 3.33. The largest absolute Gasteiger partial charge is 0.455 e. The number of nitrogens with one attached hydrogen (secondary N) is 1. The minimum Gasteiger partial charge on any atom is -0.455 e. The second-order valence-corrected chi connectivity index (χ2v) is 6.53. The van der Waals surface area contributed by atoms with E-state index in [-0.39, 0.29) is 30.9 Å². The van der Waals surface area contributed by atoms with Gasteiger partial charge < -0.3 is 10.1 Å². The van der Waals surface area contributed by atoms with Gasteiger partial charge in [-0.15, -0.1) is 11.3 Å². The highest BCUT2D eigenvalue weighted by Crippen LogP contribution is 2.25. The molecule has 132 valence electrons. The molecule has 0 saturated carbocycles. The molecule has 1 aliphatic rings. The Morgan fingerprint density at radius 1 is 1.42 bits per heavy atom. The summed E-state index contributed by atoms with van der Waals surface area (Å²) in [6.45, 7) is 4.38. The molecular formula is C16H23N3O4S. The van der Waals surface area contributed by atoms with Gasteiger partial charge in [0.15, 0.2) is 11.7 Å². The first kappa shape index (κ1) is 18.4. The van der Waals surface area contributed by atoms with Crippen molar-refractivity contribution in [2.24, 2.45) is 0 Å². The lowest BCUT2D eigenvalue weighted by Crippen LogP contribution is -2.37. The van der Waals surface area contributed by atoms with E-state index in [1.807, 2.05) is 13.8 Å². The average molecular weight is 353 g/mol. The molecule has 7 nitrogen and oxygen atoms in total. The van der Waals surface area contributed by atoms with Gasteiger partial charge in [0, 0.05) is 24.4 Å². The van der Waals surface area contributed by atoms with Crippen LogP contribution in [0.3, 0.4) is 0 Å². The number of nitrogens with zero attached hydrogens (tertiary/aromatic N) is 2. The monoisotopic (exact) mass is 353 g/mol. The molecule has 1 aliphatic heterocycles. The summed E-state index contributed by atoms with van der Waals surface area (Å²) in [5.41, 5.74) is 0.556. The number of rotatable bonds is 8. The Morgan fingerprint density at radius 2 is 2.17 bits per heavy atom. The van der Waals surface area contributed by atoms with E-state index in [0.717, 1.165) is 19.3 Å². The number of carbonyl (C=O) groups excluding carboxylic acids is 3. The van der Waals surface area contributed by atoms with Crippen LogP contribution in [0.1, 0.15) is 45.2 Å². The van der Waals surface area contributed by atoms with Gasteiger partial charge in [-0.05, 0) is 19.3 Å². The van der Waals surface area contributed by atoms with Crippen LogP contribution < -0.4 is 10.2 Å². The first-order valence-corrected chi connectivity index (χ1v) is 9.11. The summed E-state index contributed by atoms with van der Waals surface area (Å²) in [5.74, 6) is -0.727. The lowest BCUT2D eigenvalue weighted by Gasteiger charge is -2.14. The van der Waals surface area contributed by atoms with Crippen LogP contribution in [-0.2, 0) is 25.5 Å². The summed E-state index contributed by atoms with van der Waals surface area (Å²) >= 11 is 1.34. The molecule has 0 aliphatic carbocycles. The normalized spacial score (nSPS) is 14.3. The van der Waals surface area contributed by atoms with Crippen LogP contribution >= 0.6 is 11.3 Å². The maximum absolute atomic E-state index is 11.8. The standard InChI is InChI=1S/C16H23N3O4S/c1-3-11(4-2)17-13(20)9-23-15(22)8-12-10-24-16(18-12)19-7-5-6-14(19)21/h10-11H,3-9H2,1-2H3,(H,17,20). The zero-order valence-electron chi connectivity index (χ0n) is 14.0. The summed E-state index contributed by atoms with van der Waals surface area (Å²) in [4.78, 5) is 41.1. The number of hydrogen-bond acceptors (Lipinski definition) is 6. The number of thiazole rings is 1. The first-order valence-electron chi connectivity index (χ1n) is 8.23. The molecule has 2 rings (SSSR count). The van der Waals surface area contributed by atoms with E-state index in [0.29, 0.717) is 23.8 Å². The average Bonchev–Trinajstić information content (AvgIpc) is 3.19. The summed E-state index contributed by atoms with van der Waals surface area (Å²) in [6.07, 6.45) is 3.06. The van der Waals surface area contributed by atoms with E-state index in [9.17, 15) is 14.4 Å². The van der Waals surface area contributed by atoms with Gasteiger partial charge in [-0.2, -0.15) is 0 Å². The van der Waals surface area contributed by atoms with Gasteiger partial charge in [0.25, 0.3) is 5.91 Å². The van der Waals surface area contributed by atoms with Gasteiger partial charge >= 0.3 is 5.97 Å². The van der Waals surface area contributed by atoms with Gasteiger partial charge in [0.2, 0.25) is 5.91 Å². The lowest BCUT2D eigenvalue weighted by atomic mass is 10.2. The van der Waals surface area contributed by atoms with Crippen LogP contribution in [0, 0.1) is 0 Å². The molecule has 8 heteroatoms. The lowest BCUT2D eigenvalue weighted by molar-refractivity contribution is -0.148. The Hall–Kier alpha value is -1.96. The fraction of sp³-hybridized carbons (Fsp3) is 0.625. The number of ether oxygens (including phenoxy) is 1. The number of esters is 1. The molecule has 0 bridgehead atoms. The van der Waals surface area contributed by atoms with Crippen molar-refractivity contribution in [1.29, 1.82) is 0 Å². The summed E-state index contributed by atoms with van der Waals surface area (Å²) in [7, 11) is 0. The molecular weight excluding hydrogens is 330 g/mol. The predicted octanol–water partition coefficient (Wildman–Crippen LogP) is 1.66. The highest BCUT2D eigenvalue weighted by atomic mass is 32.1. The van der Waals surface area contributed by atoms with Crippen LogP contribution in [-0.4, -0.2) is 42.0 Å². The topological polar surface area (TPSA) is 88.6 Å². The Labute approximate surface area is 145 Å². The molecule has 1 aromatic rings. The Bertz CT molecular complexity index is 598. The molecule has 0 atom stereocenters. The van der Waals surface area contributed by atoms with Gasteiger partial charge in [-0.3, -0.25) is 19.3 Å².